The predicted octanol–water partition coefficient (Wildman–Crippen LogP) is 14.6. The molecule has 0 fully saturated rings. The van der Waals surface area contributed by atoms with Gasteiger partial charge in [0.1, 0.15) is 5.70 Å². The predicted molar refractivity (Wildman–Crippen MR) is 265 cm³/mol. The van der Waals surface area contributed by atoms with E-state index >= 15 is 0 Å². The van der Waals surface area contributed by atoms with Gasteiger partial charge >= 0.3 is 5.97 Å². The molecule has 7 aromatic carbocycles. The fourth-order valence-corrected chi connectivity index (χ4v) is 8.02. The molecule has 1 heterocycles. The van der Waals surface area contributed by atoms with Gasteiger partial charge in [0.15, 0.2) is 5.17 Å². The maximum atomic E-state index is 12.7. The molecule has 63 heavy (non-hydrogen) atoms. The first-order valence-corrected chi connectivity index (χ1v) is 22.1. The SMILES string of the molecule is O=C(O)CSC1=N/C(=C/c2ccc(N(c3ccc(C=C(c4ccc(Cl)cc4)c4ccc(Cl)cc4)cc3)c3ccc(C=C(c4ccc(Cl)cc4)c4ccc(Cl)cc4)cc3)cc2)C(=O)N1. The van der Waals surface area contributed by atoms with Crippen LogP contribution in [0.25, 0.3) is 29.4 Å². The number of hydrogen-bond donors (Lipinski definition) is 2. The van der Waals surface area contributed by atoms with Gasteiger partial charge in [-0.1, -0.05) is 143 Å². The van der Waals surface area contributed by atoms with Gasteiger partial charge in [0.2, 0.25) is 0 Å². The number of aliphatic imine (C=N–C) groups is 1. The molecule has 0 unspecified atom stereocenters. The zero-order valence-electron chi connectivity index (χ0n) is 33.2. The molecule has 1 aliphatic heterocycles. The summed E-state index contributed by atoms with van der Waals surface area (Å²) in [6.07, 6.45) is 5.98. The average Bonchev–Trinajstić information content (AvgIpc) is 3.65. The Morgan fingerprint density at radius 3 is 1.19 bits per heavy atom. The van der Waals surface area contributed by atoms with Crippen LogP contribution in [0.5, 0.6) is 0 Å². The Morgan fingerprint density at radius 1 is 0.524 bits per heavy atom. The van der Waals surface area contributed by atoms with Crippen molar-refractivity contribution in [3.63, 3.8) is 0 Å². The van der Waals surface area contributed by atoms with Crippen molar-refractivity contribution < 1.29 is 14.7 Å². The van der Waals surface area contributed by atoms with E-state index < -0.39 is 5.97 Å². The molecule has 7 aromatic rings. The van der Waals surface area contributed by atoms with Gasteiger partial charge < -0.3 is 10.0 Å². The van der Waals surface area contributed by atoms with Gasteiger partial charge in [0, 0.05) is 37.2 Å². The Kier molecular flexibility index (Phi) is 13.6. The van der Waals surface area contributed by atoms with Gasteiger partial charge in [0.25, 0.3) is 5.91 Å². The number of carboxylic acids is 1. The first-order chi connectivity index (χ1) is 30.5. The summed E-state index contributed by atoms with van der Waals surface area (Å²) >= 11 is 26.0. The average molecular weight is 924 g/mol. The van der Waals surface area contributed by atoms with Crippen LogP contribution in [0.1, 0.15) is 38.9 Å². The van der Waals surface area contributed by atoms with Gasteiger partial charge in [-0.05, 0) is 153 Å². The fraction of sp³-hybridized carbons (Fsp3) is 0.0192. The van der Waals surface area contributed by atoms with Crippen LogP contribution in [0.4, 0.5) is 17.1 Å². The molecule has 8 rings (SSSR count). The molecule has 0 aliphatic carbocycles. The van der Waals surface area contributed by atoms with Crippen LogP contribution < -0.4 is 10.2 Å². The number of hydrogen-bond acceptors (Lipinski definition) is 5. The van der Waals surface area contributed by atoms with Gasteiger partial charge in [-0.2, -0.15) is 0 Å². The summed E-state index contributed by atoms with van der Waals surface area (Å²) in [5.74, 6) is -1.58. The van der Waals surface area contributed by atoms with E-state index in [9.17, 15) is 9.59 Å². The Hall–Kier alpha value is -6.32. The highest BCUT2D eigenvalue weighted by molar-refractivity contribution is 8.14. The van der Waals surface area contributed by atoms with Crippen molar-refractivity contribution in [1.82, 2.24) is 5.32 Å². The van der Waals surface area contributed by atoms with Crippen LogP contribution in [0.2, 0.25) is 20.1 Å². The standard InChI is InChI=1S/C52H35Cl4N3O3S/c53-40-15-7-36(8-16-40)47(37-9-17-41(54)18-10-37)29-33-1-23-44(24-2-33)59(46-27-5-35(6-28-46)31-49-51(62)58-52(57-49)63-32-50(60)61)45-25-3-34(4-26-45)30-48(38-11-19-42(55)20-12-38)39-13-21-43(56)22-14-39/h1-31H,32H2,(H,60,61)(H,57,58,62)/b49-31+. The van der Waals surface area contributed by atoms with Crippen molar-refractivity contribution in [3.05, 3.63) is 235 Å². The van der Waals surface area contributed by atoms with Crippen molar-refractivity contribution in [2.45, 2.75) is 0 Å². The van der Waals surface area contributed by atoms with Crippen LogP contribution >= 0.6 is 58.2 Å². The van der Waals surface area contributed by atoms with Crippen LogP contribution in [-0.2, 0) is 9.59 Å². The minimum Gasteiger partial charge on any atom is -0.481 e. The lowest BCUT2D eigenvalue weighted by Crippen LogP contribution is -2.22. The quantitative estimate of drug-likeness (QED) is 0.0942. The topological polar surface area (TPSA) is 82.0 Å². The highest BCUT2D eigenvalue weighted by Crippen LogP contribution is 2.37. The first kappa shape index (κ1) is 43.3. The summed E-state index contributed by atoms with van der Waals surface area (Å²) in [6.45, 7) is 0. The third kappa shape index (κ3) is 11.0. The molecule has 0 radical (unpaired) electrons. The Labute approximate surface area is 389 Å². The van der Waals surface area contributed by atoms with E-state index in [1.807, 2.05) is 121 Å². The lowest BCUT2D eigenvalue weighted by atomic mass is 9.95. The molecule has 0 saturated heterocycles. The Bertz CT molecular complexity index is 2650. The molecule has 1 aliphatic rings. The second-order valence-electron chi connectivity index (χ2n) is 14.3. The van der Waals surface area contributed by atoms with E-state index in [0.29, 0.717) is 20.1 Å². The maximum Gasteiger partial charge on any atom is 0.313 e. The molecule has 0 aromatic heterocycles. The number of aliphatic carboxylic acids is 1. The first-order valence-electron chi connectivity index (χ1n) is 19.6. The monoisotopic (exact) mass is 921 g/mol. The zero-order valence-corrected chi connectivity index (χ0v) is 37.0. The molecule has 6 nitrogen and oxygen atoms in total. The van der Waals surface area contributed by atoms with Crippen molar-refractivity contribution in [2.24, 2.45) is 4.99 Å². The molecule has 1 amide bonds. The second-order valence-corrected chi connectivity index (χ2v) is 17.0. The number of nitrogens with one attached hydrogen (secondary N) is 1. The second kappa shape index (κ2) is 19.8. The number of carbonyl (C=O) groups excluding carboxylic acids is 1. The minimum absolute atomic E-state index is 0.202. The molecular formula is C52H35Cl4N3O3S. The number of amidine groups is 1. The molecule has 11 heteroatoms. The highest BCUT2D eigenvalue weighted by Gasteiger charge is 2.21. The number of benzene rings is 7. The number of nitrogens with zero attached hydrogens (tertiary/aromatic N) is 2. The summed E-state index contributed by atoms with van der Waals surface area (Å²) in [5.41, 5.74) is 11.8. The third-order valence-electron chi connectivity index (χ3n) is 10.0. The normalized spacial score (nSPS) is 12.7. The molecule has 0 spiro atoms. The largest absolute Gasteiger partial charge is 0.481 e. The molecule has 2 N–H and O–H groups in total. The van der Waals surface area contributed by atoms with E-state index in [1.54, 1.807) is 6.08 Å². The van der Waals surface area contributed by atoms with Gasteiger partial charge in [0.05, 0.1) is 5.75 Å². The lowest BCUT2D eigenvalue weighted by Gasteiger charge is -2.26. The van der Waals surface area contributed by atoms with Crippen molar-refractivity contribution >= 4 is 122 Å². The number of amides is 1. The molecule has 0 atom stereocenters. The summed E-state index contributed by atoms with van der Waals surface area (Å²) in [4.78, 5) is 30.2. The van der Waals surface area contributed by atoms with Gasteiger partial charge in [-0.3, -0.25) is 14.9 Å². The third-order valence-corrected chi connectivity index (χ3v) is 11.9. The van der Waals surface area contributed by atoms with E-state index in [0.717, 1.165) is 78.9 Å². The van der Waals surface area contributed by atoms with E-state index in [4.69, 9.17) is 51.5 Å². The van der Waals surface area contributed by atoms with Crippen LogP contribution in [0.15, 0.2) is 181 Å². The van der Waals surface area contributed by atoms with Crippen LogP contribution in [0.3, 0.4) is 0 Å². The smallest absolute Gasteiger partial charge is 0.313 e. The summed E-state index contributed by atoms with van der Waals surface area (Å²) in [7, 11) is 0. The summed E-state index contributed by atoms with van der Waals surface area (Å²) in [6, 6.07) is 55.7. The molecular weight excluding hydrogens is 888 g/mol. The highest BCUT2D eigenvalue weighted by atomic mass is 35.5. The number of thioether (sulfide) groups is 1. The number of halogens is 4. The van der Waals surface area contributed by atoms with Gasteiger partial charge in [-0.25, -0.2) is 4.99 Å². The summed E-state index contributed by atoms with van der Waals surface area (Å²) in [5, 5.41) is 14.6. The fourth-order valence-electron chi connectivity index (χ4n) is 6.93. The van der Waals surface area contributed by atoms with Crippen molar-refractivity contribution in [1.29, 1.82) is 0 Å². The van der Waals surface area contributed by atoms with E-state index in [-0.39, 0.29) is 22.5 Å². The lowest BCUT2D eigenvalue weighted by molar-refractivity contribution is -0.133. The number of rotatable bonds is 12. The summed E-state index contributed by atoms with van der Waals surface area (Å²) < 4.78 is 0. The Morgan fingerprint density at radius 2 is 0.857 bits per heavy atom. The Balaban J connectivity index is 1.16. The molecule has 0 bridgehead atoms. The van der Waals surface area contributed by atoms with Gasteiger partial charge in [-0.15, -0.1) is 0 Å². The van der Waals surface area contributed by atoms with Crippen LogP contribution in [0, 0.1) is 0 Å². The van der Waals surface area contributed by atoms with Crippen molar-refractivity contribution in [3.8, 4) is 0 Å². The van der Waals surface area contributed by atoms with Crippen LogP contribution in [-0.4, -0.2) is 27.9 Å². The number of anilines is 3. The van der Waals surface area contributed by atoms with E-state index in [2.05, 4.69) is 75.9 Å². The number of carboxylic acid groups (broad SMARTS) is 1. The molecule has 0 saturated carbocycles. The zero-order chi connectivity index (χ0) is 43.9. The van der Waals surface area contributed by atoms with Crippen molar-refractivity contribution in [2.75, 3.05) is 10.7 Å². The minimum atomic E-state index is -0.993. The van der Waals surface area contributed by atoms with E-state index in [1.165, 1.54) is 0 Å². The molecule has 310 valence electrons. The number of carbonyl (C=O) groups is 2. The maximum absolute atomic E-state index is 12.7.